The highest BCUT2D eigenvalue weighted by atomic mass is 32.1. The smallest absolute Gasteiger partial charge is 0.326 e. The summed E-state index contributed by atoms with van der Waals surface area (Å²) in [7, 11) is 0. The first-order chi connectivity index (χ1) is 9.85. The summed E-state index contributed by atoms with van der Waals surface area (Å²) >= 11 is 0.980. The molecule has 1 heterocycles. The van der Waals surface area contributed by atoms with Gasteiger partial charge in [-0.15, -0.1) is 0 Å². The van der Waals surface area contributed by atoms with E-state index in [4.69, 9.17) is 4.74 Å². The normalized spacial score (nSPS) is 11.6. The summed E-state index contributed by atoms with van der Waals surface area (Å²) in [6, 6.07) is -0.657. The minimum Gasteiger partial charge on any atom is -0.451 e. The lowest BCUT2D eigenvalue weighted by molar-refractivity contribution is -0.155. The maximum atomic E-state index is 11.7. The number of ether oxygens (including phenoxy) is 1. The zero-order valence-corrected chi connectivity index (χ0v) is 12.8. The molecular weight excluding hydrogens is 298 g/mol. The first-order valence-electron chi connectivity index (χ1n) is 6.28. The van der Waals surface area contributed by atoms with Gasteiger partial charge in [0.15, 0.2) is 6.10 Å². The number of hydrogen-bond donors (Lipinski definition) is 2. The molecule has 0 aromatic carbocycles. The van der Waals surface area contributed by atoms with Crippen molar-refractivity contribution in [2.75, 3.05) is 6.54 Å². The number of nitrogens with zero attached hydrogens (tertiary/aromatic N) is 1. The summed E-state index contributed by atoms with van der Waals surface area (Å²) in [4.78, 5) is 45.6. The van der Waals surface area contributed by atoms with Crippen molar-refractivity contribution in [2.45, 2.75) is 33.4 Å². The lowest BCUT2D eigenvalue weighted by Crippen LogP contribution is -2.44. The molecule has 0 saturated heterocycles. The highest BCUT2D eigenvalue weighted by molar-refractivity contribution is 7.07. The Kier molecular flexibility index (Phi) is 6.10. The molecule has 3 amide bonds. The molecule has 116 valence electrons. The Balaban J connectivity index is 2.52. The maximum Gasteiger partial charge on any atom is 0.326 e. The summed E-state index contributed by atoms with van der Waals surface area (Å²) in [5.74, 6) is -1.46. The van der Waals surface area contributed by atoms with Crippen molar-refractivity contribution in [3.63, 3.8) is 0 Å². The van der Waals surface area contributed by atoms with Gasteiger partial charge in [0.2, 0.25) is 0 Å². The lowest BCUT2D eigenvalue weighted by atomic mass is 10.4. The van der Waals surface area contributed by atoms with Crippen LogP contribution in [0.15, 0.2) is 10.2 Å². The Hall–Kier alpha value is -2.16. The Labute approximate surface area is 125 Å². The molecule has 0 unspecified atom stereocenters. The van der Waals surface area contributed by atoms with Crippen LogP contribution in [-0.4, -0.2) is 35.1 Å². The van der Waals surface area contributed by atoms with E-state index in [9.17, 15) is 19.2 Å². The van der Waals surface area contributed by atoms with Crippen LogP contribution in [0.3, 0.4) is 0 Å². The SMILES string of the molecule is CCNC(=O)NC(=O)[C@H](C)OC(=O)Cn1c(C)csc1=O. The minimum absolute atomic E-state index is 0.271. The number of amides is 3. The molecule has 0 bridgehead atoms. The molecule has 0 aliphatic rings. The third-order valence-corrected chi connectivity index (χ3v) is 3.40. The van der Waals surface area contributed by atoms with Gasteiger partial charge in [0.1, 0.15) is 6.54 Å². The molecule has 1 aromatic rings. The first kappa shape index (κ1) is 16.9. The molecule has 0 radical (unpaired) electrons. The topological polar surface area (TPSA) is 106 Å². The molecule has 1 aromatic heterocycles. The zero-order chi connectivity index (χ0) is 16.0. The number of urea groups is 1. The van der Waals surface area contributed by atoms with Crippen molar-refractivity contribution in [3.05, 3.63) is 20.7 Å². The number of hydrogen-bond acceptors (Lipinski definition) is 6. The number of aryl methyl sites for hydroxylation is 1. The average molecular weight is 315 g/mol. The van der Waals surface area contributed by atoms with Gasteiger partial charge in [0.05, 0.1) is 0 Å². The van der Waals surface area contributed by atoms with Gasteiger partial charge in [-0.3, -0.25) is 24.3 Å². The van der Waals surface area contributed by atoms with E-state index in [1.807, 2.05) is 5.32 Å². The number of imide groups is 1. The van der Waals surface area contributed by atoms with Crippen LogP contribution < -0.4 is 15.5 Å². The third-order valence-electron chi connectivity index (χ3n) is 2.52. The van der Waals surface area contributed by atoms with E-state index < -0.39 is 24.0 Å². The van der Waals surface area contributed by atoms with Gasteiger partial charge < -0.3 is 10.1 Å². The Bertz CT molecular complexity index is 592. The van der Waals surface area contributed by atoms with E-state index >= 15 is 0 Å². The molecule has 1 atom stereocenters. The molecule has 9 heteroatoms. The Morgan fingerprint density at radius 1 is 1.43 bits per heavy atom. The second-order valence-corrected chi connectivity index (χ2v) is 5.03. The lowest BCUT2D eigenvalue weighted by Gasteiger charge is -2.13. The predicted octanol–water partition coefficient (Wildman–Crippen LogP) is -0.00438. The molecule has 0 aliphatic carbocycles. The predicted molar refractivity (Wildman–Crippen MR) is 76.1 cm³/mol. The van der Waals surface area contributed by atoms with Crippen LogP contribution in [0.1, 0.15) is 19.5 Å². The van der Waals surface area contributed by atoms with Crippen LogP contribution in [0.4, 0.5) is 4.79 Å². The average Bonchev–Trinajstić information content (AvgIpc) is 2.70. The van der Waals surface area contributed by atoms with Gasteiger partial charge in [-0.25, -0.2) is 4.79 Å². The summed E-state index contributed by atoms with van der Waals surface area (Å²) < 4.78 is 6.14. The van der Waals surface area contributed by atoms with E-state index in [0.29, 0.717) is 12.2 Å². The second-order valence-electron chi connectivity index (χ2n) is 4.21. The Morgan fingerprint density at radius 3 is 2.62 bits per heavy atom. The van der Waals surface area contributed by atoms with Gasteiger partial charge in [0, 0.05) is 17.6 Å². The standard InChI is InChI=1S/C12H17N3O5S/c1-4-13-11(18)14-10(17)8(3)20-9(16)5-15-7(2)6-21-12(15)19/h6,8H,4-5H2,1-3H3,(H2,13,14,17,18)/t8-/m0/s1. The van der Waals surface area contributed by atoms with Crippen molar-refractivity contribution >= 4 is 29.2 Å². The third kappa shape index (κ3) is 5.03. The van der Waals surface area contributed by atoms with E-state index in [1.165, 1.54) is 11.5 Å². The number of carbonyl (C=O) groups is 3. The molecule has 0 aliphatic heterocycles. The first-order valence-corrected chi connectivity index (χ1v) is 7.16. The fourth-order valence-electron chi connectivity index (χ4n) is 1.43. The van der Waals surface area contributed by atoms with Gasteiger partial charge in [-0.05, 0) is 20.8 Å². The summed E-state index contributed by atoms with van der Waals surface area (Å²) in [5, 5.41) is 6.04. The summed E-state index contributed by atoms with van der Waals surface area (Å²) in [5.41, 5.74) is 0.640. The van der Waals surface area contributed by atoms with E-state index in [2.05, 4.69) is 5.32 Å². The molecule has 8 nitrogen and oxygen atoms in total. The molecular formula is C12H17N3O5S. The largest absolute Gasteiger partial charge is 0.451 e. The number of esters is 1. The van der Waals surface area contributed by atoms with Crippen molar-refractivity contribution in [1.29, 1.82) is 0 Å². The van der Waals surface area contributed by atoms with Gasteiger partial charge in [-0.2, -0.15) is 0 Å². The second kappa shape index (κ2) is 7.58. The van der Waals surface area contributed by atoms with Crippen LogP contribution in [0.25, 0.3) is 0 Å². The van der Waals surface area contributed by atoms with Crippen LogP contribution in [0, 0.1) is 6.92 Å². The summed E-state index contributed by atoms with van der Waals surface area (Å²) in [6.07, 6.45) is -1.13. The zero-order valence-electron chi connectivity index (χ0n) is 12.0. The van der Waals surface area contributed by atoms with Gasteiger partial charge in [0.25, 0.3) is 5.91 Å². The van der Waals surface area contributed by atoms with Gasteiger partial charge >= 0.3 is 16.9 Å². The van der Waals surface area contributed by atoms with Gasteiger partial charge in [-0.1, -0.05) is 11.3 Å². The van der Waals surface area contributed by atoms with E-state index in [1.54, 1.807) is 19.2 Å². The molecule has 21 heavy (non-hydrogen) atoms. The fourth-order valence-corrected chi connectivity index (χ4v) is 2.17. The highest BCUT2D eigenvalue weighted by Crippen LogP contribution is 2.01. The van der Waals surface area contributed by atoms with Crippen LogP contribution in [0.5, 0.6) is 0 Å². The molecule has 0 saturated carbocycles. The van der Waals surface area contributed by atoms with E-state index in [-0.39, 0.29) is 11.4 Å². The number of thiazole rings is 1. The monoisotopic (exact) mass is 315 g/mol. The number of nitrogens with one attached hydrogen (secondary N) is 2. The quantitative estimate of drug-likeness (QED) is 0.744. The van der Waals surface area contributed by atoms with Crippen LogP contribution >= 0.6 is 11.3 Å². The number of aromatic nitrogens is 1. The molecule has 0 fully saturated rings. The van der Waals surface area contributed by atoms with E-state index in [0.717, 1.165) is 11.3 Å². The van der Waals surface area contributed by atoms with Crippen molar-refractivity contribution < 1.29 is 19.1 Å². The van der Waals surface area contributed by atoms with Crippen molar-refractivity contribution in [3.8, 4) is 0 Å². The number of rotatable bonds is 5. The van der Waals surface area contributed by atoms with Crippen LogP contribution in [0.2, 0.25) is 0 Å². The number of carbonyl (C=O) groups excluding carboxylic acids is 3. The Morgan fingerprint density at radius 2 is 2.10 bits per heavy atom. The molecule has 2 N–H and O–H groups in total. The van der Waals surface area contributed by atoms with Crippen molar-refractivity contribution in [2.24, 2.45) is 0 Å². The van der Waals surface area contributed by atoms with Crippen LogP contribution in [-0.2, 0) is 20.9 Å². The molecule has 0 spiro atoms. The minimum atomic E-state index is -1.13. The molecule has 1 rings (SSSR count). The fraction of sp³-hybridized carbons (Fsp3) is 0.500. The summed E-state index contributed by atoms with van der Waals surface area (Å²) in [6.45, 7) is 4.83. The van der Waals surface area contributed by atoms with Crippen molar-refractivity contribution in [1.82, 2.24) is 15.2 Å². The highest BCUT2D eigenvalue weighted by Gasteiger charge is 2.20. The maximum absolute atomic E-state index is 11.7.